The highest BCUT2D eigenvalue weighted by Gasteiger charge is 2.47. The summed E-state index contributed by atoms with van der Waals surface area (Å²) in [7, 11) is 0. The third-order valence-corrected chi connectivity index (χ3v) is 8.88. The van der Waals surface area contributed by atoms with Crippen molar-refractivity contribution in [3.8, 4) is 0 Å². The first-order valence-electron chi connectivity index (χ1n) is 10.7. The maximum absolute atomic E-state index is 10.0. The van der Waals surface area contributed by atoms with E-state index in [0.29, 0.717) is 16.5 Å². The molecule has 2 unspecified atom stereocenters. The summed E-state index contributed by atoms with van der Waals surface area (Å²) >= 11 is 7.95. The third kappa shape index (κ3) is 4.18. The number of nitrogens with zero attached hydrogens (tertiary/aromatic N) is 4. The van der Waals surface area contributed by atoms with Gasteiger partial charge in [0.15, 0.2) is 5.82 Å². The Bertz CT molecular complexity index is 902. The molecule has 0 radical (unpaired) electrons. The van der Waals surface area contributed by atoms with E-state index in [-0.39, 0.29) is 35.3 Å². The van der Waals surface area contributed by atoms with Crippen LogP contribution < -0.4 is 16.4 Å². The first-order valence-corrected chi connectivity index (χ1v) is 12.0. The quantitative estimate of drug-likeness (QED) is 0.616. The lowest BCUT2D eigenvalue weighted by Crippen LogP contribution is -2.51. The van der Waals surface area contributed by atoms with E-state index >= 15 is 0 Å². The maximum Gasteiger partial charge on any atom is 0.153 e. The normalized spacial score (nSPS) is 30.5. The molecule has 2 saturated heterocycles. The van der Waals surface area contributed by atoms with Crippen molar-refractivity contribution in [1.82, 2.24) is 9.97 Å². The van der Waals surface area contributed by atoms with Gasteiger partial charge in [-0.15, -0.1) is 0 Å². The second-order valence-electron chi connectivity index (χ2n) is 8.84. The molecule has 31 heavy (non-hydrogen) atoms. The number of nitrogens with two attached hydrogens (primary N) is 2. The van der Waals surface area contributed by atoms with E-state index in [2.05, 4.69) is 16.8 Å². The monoisotopic (exact) mass is 466 g/mol. The van der Waals surface area contributed by atoms with Crippen molar-refractivity contribution in [2.45, 2.75) is 62.6 Å². The molecule has 0 aliphatic carbocycles. The Morgan fingerprint density at radius 2 is 2.03 bits per heavy atom. The van der Waals surface area contributed by atoms with Crippen molar-refractivity contribution in [3.05, 3.63) is 22.2 Å². The van der Waals surface area contributed by atoms with Crippen LogP contribution in [0.5, 0.6) is 0 Å². The number of anilines is 1. The van der Waals surface area contributed by atoms with Crippen molar-refractivity contribution in [1.29, 1.82) is 0 Å². The Morgan fingerprint density at radius 3 is 2.65 bits per heavy atom. The van der Waals surface area contributed by atoms with Gasteiger partial charge in [0.2, 0.25) is 0 Å². The van der Waals surface area contributed by atoms with Gasteiger partial charge in [-0.25, -0.2) is 15.0 Å². The zero-order chi connectivity index (χ0) is 22.3. The van der Waals surface area contributed by atoms with Gasteiger partial charge in [0, 0.05) is 36.7 Å². The van der Waals surface area contributed by atoms with Gasteiger partial charge in [-0.05, 0) is 26.7 Å². The number of hydrogen-bond donors (Lipinski definition) is 3. The lowest BCUT2D eigenvalue weighted by atomic mass is 9.73. The molecule has 170 valence electrons. The Morgan fingerprint density at radius 1 is 1.32 bits per heavy atom. The number of rotatable bonds is 4. The molecule has 3 aliphatic rings. The molecular weight excluding hydrogens is 436 g/mol. The fourth-order valence-electron chi connectivity index (χ4n) is 4.63. The number of aliphatic hydroxyl groups excluding tert-OH is 1. The molecule has 0 aromatic carbocycles. The summed E-state index contributed by atoms with van der Waals surface area (Å²) in [5, 5.41) is 11.2. The van der Waals surface area contributed by atoms with Gasteiger partial charge in [-0.3, -0.25) is 0 Å². The smallest absolute Gasteiger partial charge is 0.153 e. The average molecular weight is 467 g/mol. The minimum Gasteiger partial charge on any atom is -0.390 e. The van der Waals surface area contributed by atoms with Crippen LogP contribution in [0.25, 0.3) is 0 Å². The van der Waals surface area contributed by atoms with Crippen LogP contribution in [0, 0.1) is 18.3 Å². The van der Waals surface area contributed by atoms with E-state index in [4.69, 9.17) is 37.8 Å². The summed E-state index contributed by atoms with van der Waals surface area (Å²) in [5.74, 6) is 1.20. The van der Waals surface area contributed by atoms with Crippen LogP contribution in [-0.4, -0.2) is 58.4 Å². The number of piperidine rings is 1. The van der Waals surface area contributed by atoms with E-state index in [1.165, 1.54) is 11.8 Å². The number of ether oxygens (including phenoxy) is 1. The number of aromatic nitrogens is 2. The molecule has 2 fully saturated rings. The van der Waals surface area contributed by atoms with Gasteiger partial charge >= 0.3 is 0 Å². The molecule has 0 saturated carbocycles. The molecule has 0 bridgehead atoms. The molecule has 1 aromatic heterocycles. The van der Waals surface area contributed by atoms with Crippen molar-refractivity contribution >= 4 is 35.4 Å². The molecule has 1 aromatic rings. The predicted molar refractivity (Wildman–Crippen MR) is 124 cm³/mol. The number of hydrogen-bond acceptors (Lipinski definition) is 9. The summed E-state index contributed by atoms with van der Waals surface area (Å²) < 4.78 is 5.83. The Kier molecular flexibility index (Phi) is 6.52. The second kappa shape index (κ2) is 8.86. The van der Waals surface area contributed by atoms with Crippen LogP contribution in [0.4, 0.5) is 5.82 Å². The number of aliphatic hydroxyl groups is 1. The van der Waals surface area contributed by atoms with Gasteiger partial charge in [0.1, 0.15) is 16.5 Å². The highest BCUT2D eigenvalue weighted by atomic mass is 35.5. The number of halogens is 1. The SMILES string of the molecule is Cc1nc(N2CCC3(CC2)CO[C@@H](C)[C@H]3N)c(CO)nc1SC1C(Cl)=C(N)N=CC1C. The molecule has 5 N–H and O–H groups in total. The van der Waals surface area contributed by atoms with Gasteiger partial charge in [-0.2, -0.15) is 0 Å². The Hall–Kier alpha value is -1.39. The standard InChI is InChI=1S/C21H31ClN6O2S/c1-11-8-25-18(24)15(22)16(11)31-20-12(2)26-19(14(9-29)27-20)28-6-4-21(5-7-28)10-30-13(3)17(21)23/h8,11,13,16-17,29H,4-7,9-10,23-24H2,1-3H3/t11?,13-,16?,17+/m0/s1. The van der Waals surface area contributed by atoms with Crippen LogP contribution >= 0.6 is 23.4 Å². The second-order valence-corrected chi connectivity index (χ2v) is 10.4. The van der Waals surface area contributed by atoms with Crippen LogP contribution in [-0.2, 0) is 11.3 Å². The predicted octanol–water partition coefficient (Wildman–Crippen LogP) is 2.16. The van der Waals surface area contributed by atoms with Gasteiger partial charge in [0.05, 0.1) is 35.3 Å². The number of aliphatic imine (C=N–C) groups is 1. The summed E-state index contributed by atoms with van der Waals surface area (Å²) in [5.41, 5.74) is 13.8. The van der Waals surface area contributed by atoms with Crippen molar-refractivity contribution < 1.29 is 9.84 Å². The molecule has 1 spiro atoms. The van der Waals surface area contributed by atoms with E-state index in [1.54, 1.807) is 0 Å². The fourth-order valence-corrected chi connectivity index (χ4v) is 6.14. The summed E-state index contributed by atoms with van der Waals surface area (Å²) in [6.45, 7) is 8.21. The molecule has 10 heteroatoms. The van der Waals surface area contributed by atoms with E-state index in [1.807, 2.05) is 20.1 Å². The van der Waals surface area contributed by atoms with Crippen LogP contribution in [0.15, 0.2) is 20.9 Å². The summed E-state index contributed by atoms with van der Waals surface area (Å²) in [6.07, 6.45) is 3.79. The largest absolute Gasteiger partial charge is 0.390 e. The van der Waals surface area contributed by atoms with Gasteiger partial charge in [0.25, 0.3) is 0 Å². The number of aryl methyl sites for hydroxylation is 1. The lowest BCUT2D eigenvalue weighted by molar-refractivity contribution is 0.0973. The summed E-state index contributed by atoms with van der Waals surface area (Å²) in [6, 6.07) is 0.0600. The van der Waals surface area contributed by atoms with Gasteiger partial charge in [-0.1, -0.05) is 30.3 Å². The van der Waals surface area contributed by atoms with Crippen molar-refractivity contribution in [2.75, 3.05) is 24.6 Å². The first kappa shape index (κ1) is 22.8. The molecular formula is C21H31ClN6O2S. The molecule has 4 heterocycles. The van der Waals surface area contributed by atoms with Crippen LogP contribution in [0.3, 0.4) is 0 Å². The highest BCUT2D eigenvalue weighted by Crippen LogP contribution is 2.43. The van der Waals surface area contributed by atoms with E-state index in [9.17, 15) is 5.11 Å². The molecule has 8 nitrogen and oxygen atoms in total. The molecule has 3 aliphatic heterocycles. The topological polar surface area (TPSA) is 123 Å². The molecule has 4 rings (SSSR count). The maximum atomic E-state index is 10.0. The third-order valence-electron chi connectivity index (χ3n) is 6.79. The molecule has 4 atom stereocenters. The zero-order valence-corrected chi connectivity index (χ0v) is 19.8. The lowest BCUT2D eigenvalue weighted by Gasteiger charge is -2.42. The number of thioether (sulfide) groups is 1. The van der Waals surface area contributed by atoms with Gasteiger partial charge < -0.3 is 26.2 Å². The van der Waals surface area contributed by atoms with Crippen molar-refractivity contribution in [3.63, 3.8) is 0 Å². The highest BCUT2D eigenvalue weighted by molar-refractivity contribution is 8.00. The Balaban J connectivity index is 1.53. The minimum atomic E-state index is -0.176. The van der Waals surface area contributed by atoms with E-state index in [0.717, 1.165) is 49.1 Å². The first-order chi connectivity index (χ1) is 14.8. The van der Waals surface area contributed by atoms with E-state index < -0.39 is 0 Å². The van der Waals surface area contributed by atoms with Crippen molar-refractivity contribution in [2.24, 2.45) is 27.8 Å². The Labute approximate surface area is 192 Å². The summed E-state index contributed by atoms with van der Waals surface area (Å²) in [4.78, 5) is 16.0. The molecule has 0 amide bonds. The average Bonchev–Trinajstić information content (AvgIpc) is 3.04. The minimum absolute atomic E-state index is 0.0370. The van der Waals surface area contributed by atoms with Crippen LogP contribution in [0.2, 0.25) is 0 Å². The van der Waals surface area contributed by atoms with Crippen LogP contribution in [0.1, 0.15) is 38.1 Å². The zero-order valence-electron chi connectivity index (χ0n) is 18.2. The fraction of sp³-hybridized carbons (Fsp3) is 0.667.